The molecule has 1 aliphatic rings. The maximum Gasteiger partial charge on any atom is 0.275 e. The van der Waals surface area contributed by atoms with E-state index in [1.165, 1.54) is 28.9 Å². The van der Waals surface area contributed by atoms with Crippen molar-refractivity contribution in [3.63, 3.8) is 0 Å². The third kappa shape index (κ3) is 3.94. The van der Waals surface area contributed by atoms with Crippen molar-refractivity contribution >= 4 is 9.84 Å². The molecule has 0 unspecified atom stereocenters. The lowest BCUT2D eigenvalue weighted by Gasteiger charge is -2.13. The first kappa shape index (κ1) is 20.5. The molecule has 5 nitrogen and oxygen atoms in total. The maximum absolute atomic E-state index is 13.5. The van der Waals surface area contributed by atoms with Crippen LogP contribution < -0.4 is 5.56 Å². The van der Waals surface area contributed by atoms with Gasteiger partial charge in [0.15, 0.2) is 9.84 Å². The SMILES string of the molecule is CC1(C)C[C@H]1Cn1ncc(-c2ccc(S(C)(=O)=O)cc2)c(-c2ccc(F)cc2)c1=O. The van der Waals surface area contributed by atoms with Crippen LogP contribution in [0.3, 0.4) is 0 Å². The molecule has 156 valence electrons. The molecule has 0 N–H and O–H groups in total. The van der Waals surface area contributed by atoms with E-state index >= 15 is 0 Å². The van der Waals surface area contributed by atoms with Crippen molar-refractivity contribution in [2.75, 3.05) is 6.26 Å². The molecule has 1 saturated carbocycles. The van der Waals surface area contributed by atoms with Crippen molar-refractivity contribution in [2.24, 2.45) is 11.3 Å². The van der Waals surface area contributed by atoms with E-state index in [1.54, 1.807) is 30.5 Å². The smallest absolute Gasteiger partial charge is 0.267 e. The predicted molar refractivity (Wildman–Crippen MR) is 114 cm³/mol. The van der Waals surface area contributed by atoms with Crippen LogP contribution in [-0.2, 0) is 16.4 Å². The van der Waals surface area contributed by atoms with Gasteiger partial charge >= 0.3 is 0 Å². The van der Waals surface area contributed by atoms with Crippen molar-refractivity contribution in [3.8, 4) is 22.3 Å². The Bertz CT molecular complexity index is 1260. The third-order valence-electron chi connectivity index (χ3n) is 5.88. The summed E-state index contributed by atoms with van der Waals surface area (Å²) in [5, 5.41) is 4.39. The van der Waals surface area contributed by atoms with Crippen molar-refractivity contribution in [2.45, 2.75) is 31.7 Å². The molecule has 30 heavy (non-hydrogen) atoms. The summed E-state index contributed by atoms with van der Waals surface area (Å²) in [5.74, 6) is 0.00980. The zero-order valence-electron chi connectivity index (χ0n) is 17.1. The first-order valence-electron chi connectivity index (χ1n) is 9.73. The topological polar surface area (TPSA) is 69.0 Å². The van der Waals surface area contributed by atoms with Gasteiger partial charge in [-0.3, -0.25) is 4.79 Å². The third-order valence-corrected chi connectivity index (χ3v) is 7.01. The lowest BCUT2D eigenvalue weighted by atomic mass is 9.97. The molecule has 0 spiro atoms. The largest absolute Gasteiger partial charge is 0.275 e. The van der Waals surface area contributed by atoms with Gasteiger partial charge in [0.2, 0.25) is 0 Å². The van der Waals surface area contributed by atoms with Crippen LogP contribution in [0.15, 0.2) is 64.4 Å². The minimum Gasteiger partial charge on any atom is -0.267 e. The number of halogens is 1. The minimum atomic E-state index is -3.32. The first-order valence-corrected chi connectivity index (χ1v) is 11.6. The predicted octanol–water partition coefficient (Wildman–Crippen LogP) is 4.17. The van der Waals surface area contributed by atoms with E-state index in [9.17, 15) is 17.6 Å². The minimum absolute atomic E-state index is 0.201. The van der Waals surface area contributed by atoms with Crippen LogP contribution in [-0.4, -0.2) is 24.5 Å². The van der Waals surface area contributed by atoms with Crippen molar-refractivity contribution in [1.82, 2.24) is 9.78 Å². The van der Waals surface area contributed by atoms with Gasteiger partial charge in [0, 0.05) is 18.4 Å². The van der Waals surface area contributed by atoms with Crippen molar-refractivity contribution < 1.29 is 12.8 Å². The molecular weight excluding hydrogens is 403 g/mol. The van der Waals surface area contributed by atoms with Gasteiger partial charge in [-0.15, -0.1) is 0 Å². The maximum atomic E-state index is 13.5. The molecule has 1 atom stereocenters. The normalized spacial score (nSPS) is 17.7. The Morgan fingerprint density at radius 3 is 2.17 bits per heavy atom. The molecule has 1 aromatic heterocycles. The fourth-order valence-corrected chi connectivity index (χ4v) is 4.34. The summed E-state index contributed by atoms with van der Waals surface area (Å²) in [6.07, 6.45) is 3.82. The molecule has 2 aromatic carbocycles. The molecule has 4 rings (SSSR count). The van der Waals surface area contributed by atoms with Gasteiger partial charge in [-0.25, -0.2) is 17.5 Å². The van der Waals surface area contributed by atoms with Crippen LogP contribution in [0.5, 0.6) is 0 Å². The average Bonchev–Trinajstić information content (AvgIpc) is 3.29. The average molecular weight is 427 g/mol. The summed E-state index contributed by atoms with van der Waals surface area (Å²) < 4.78 is 38.5. The van der Waals surface area contributed by atoms with Gasteiger partial charge in [0.1, 0.15) is 5.82 Å². The van der Waals surface area contributed by atoms with Crippen LogP contribution in [0.25, 0.3) is 22.3 Å². The molecule has 0 radical (unpaired) electrons. The van der Waals surface area contributed by atoms with Crippen molar-refractivity contribution in [1.29, 1.82) is 0 Å². The number of hydrogen-bond donors (Lipinski definition) is 0. The lowest BCUT2D eigenvalue weighted by molar-refractivity contribution is 0.458. The molecule has 0 bridgehead atoms. The van der Waals surface area contributed by atoms with Crippen LogP contribution in [0.2, 0.25) is 0 Å². The van der Waals surface area contributed by atoms with Gasteiger partial charge in [-0.1, -0.05) is 38.1 Å². The summed E-state index contributed by atoms with van der Waals surface area (Å²) in [6, 6.07) is 12.1. The Kier molecular flexibility index (Phi) is 4.89. The number of sulfone groups is 1. The van der Waals surface area contributed by atoms with Crippen LogP contribution >= 0.6 is 0 Å². The fraction of sp³-hybridized carbons (Fsp3) is 0.304. The second-order valence-electron chi connectivity index (χ2n) is 8.61. The highest BCUT2D eigenvalue weighted by Gasteiger charge is 2.45. The van der Waals surface area contributed by atoms with Crippen LogP contribution in [0, 0.1) is 17.2 Å². The summed E-state index contributed by atoms with van der Waals surface area (Å²) >= 11 is 0. The van der Waals surface area contributed by atoms with Crippen LogP contribution in [0.4, 0.5) is 4.39 Å². The van der Waals surface area contributed by atoms with Crippen LogP contribution in [0.1, 0.15) is 20.3 Å². The van der Waals surface area contributed by atoms with E-state index in [4.69, 9.17) is 0 Å². The highest BCUT2D eigenvalue weighted by Crippen LogP contribution is 2.52. The summed E-state index contributed by atoms with van der Waals surface area (Å²) in [4.78, 5) is 13.6. The Morgan fingerprint density at radius 1 is 1.07 bits per heavy atom. The summed E-state index contributed by atoms with van der Waals surface area (Å²) in [7, 11) is -3.32. The highest BCUT2D eigenvalue weighted by molar-refractivity contribution is 7.90. The zero-order valence-corrected chi connectivity index (χ0v) is 17.9. The van der Waals surface area contributed by atoms with E-state index in [1.807, 2.05) is 0 Å². The molecule has 3 aromatic rings. The molecule has 0 amide bonds. The van der Waals surface area contributed by atoms with E-state index < -0.39 is 9.84 Å². The van der Waals surface area contributed by atoms with E-state index in [0.717, 1.165) is 12.7 Å². The zero-order chi connectivity index (χ0) is 21.7. The van der Waals surface area contributed by atoms with E-state index in [2.05, 4.69) is 18.9 Å². The summed E-state index contributed by atoms with van der Waals surface area (Å²) in [6.45, 7) is 4.87. The Labute approximate surface area is 175 Å². The number of benzene rings is 2. The lowest BCUT2D eigenvalue weighted by Crippen LogP contribution is -2.26. The highest BCUT2D eigenvalue weighted by atomic mass is 32.2. The standard InChI is InChI=1S/C23H23FN2O3S/c1-23(2)12-17(23)14-26-22(27)21(16-4-8-18(24)9-5-16)20(13-25-26)15-6-10-19(11-7-15)30(3,28)29/h4-11,13,17H,12,14H2,1-3H3/t17-/m0/s1. The van der Waals surface area contributed by atoms with Gasteiger partial charge < -0.3 is 0 Å². The molecule has 1 aliphatic carbocycles. The Hall–Kier alpha value is -2.80. The number of rotatable bonds is 5. The monoisotopic (exact) mass is 426 g/mol. The second kappa shape index (κ2) is 7.16. The number of nitrogens with zero attached hydrogens (tertiary/aromatic N) is 2. The van der Waals surface area contributed by atoms with Gasteiger partial charge in [-0.05, 0) is 53.1 Å². The first-order chi connectivity index (χ1) is 14.1. The van der Waals surface area contributed by atoms with Crippen molar-refractivity contribution in [3.05, 3.63) is 70.9 Å². The van der Waals surface area contributed by atoms with Gasteiger partial charge in [-0.2, -0.15) is 5.10 Å². The van der Waals surface area contributed by atoms with Gasteiger partial charge in [0.25, 0.3) is 5.56 Å². The van der Waals surface area contributed by atoms with E-state index in [0.29, 0.717) is 34.7 Å². The molecule has 7 heteroatoms. The quantitative estimate of drug-likeness (QED) is 0.614. The fourth-order valence-electron chi connectivity index (χ4n) is 3.71. The second-order valence-corrected chi connectivity index (χ2v) is 10.6. The molecule has 1 heterocycles. The van der Waals surface area contributed by atoms with E-state index in [-0.39, 0.29) is 21.7 Å². The Balaban J connectivity index is 1.84. The molecule has 0 saturated heterocycles. The molecular formula is C23H23FN2O3S. The number of hydrogen-bond acceptors (Lipinski definition) is 4. The summed E-state index contributed by atoms with van der Waals surface area (Å²) in [5.41, 5.74) is 2.24. The molecule has 1 fully saturated rings. The molecule has 0 aliphatic heterocycles. The number of aromatic nitrogens is 2. The Morgan fingerprint density at radius 2 is 1.63 bits per heavy atom. The van der Waals surface area contributed by atoms with Gasteiger partial charge in [0.05, 0.1) is 16.7 Å².